The van der Waals surface area contributed by atoms with E-state index in [9.17, 15) is 0 Å². The molecule has 39 heavy (non-hydrogen) atoms. The molecule has 0 radical (unpaired) electrons. The summed E-state index contributed by atoms with van der Waals surface area (Å²) < 4.78 is 10.8. The van der Waals surface area contributed by atoms with Gasteiger partial charge in [-0.2, -0.15) is 0 Å². The van der Waals surface area contributed by atoms with Crippen LogP contribution in [0.4, 0.5) is 0 Å². The second kappa shape index (κ2) is 7.55. The quantitative estimate of drug-likeness (QED) is 0.239. The van der Waals surface area contributed by atoms with E-state index in [1.807, 2.05) is 34.9 Å². The molecule has 5 nitrogen and oxygen atoms in total. The Morgan fingerprint density at radius 3 is 2.28 bits per heavy atom. The molecule has 0 saturated carbocycles. The van der Waals surface area contributed by atoms with E-state index >= 15 is 0 Å². The lowest BCUT2D eigenvalue weighted by Crippen LogP contribution is -1.89. The summed E-state index contributed by atoms with van der Waals surface area (Å²) in [6, 6.07) is 37.8. The van der Waals surface area contributed by atoms with Crippen molar-refractivity contribution in [1.29, 1.82) is 0 Å². The molecule has 0 N–H and O–H groups in total. The first kappa shape index (κ1) is 20.6. The van der Waals surface area contributed by atoms with Crippen LogP contribution in [0.2, 0.25) is 0 Å². The minimum Gasteiger partial charge on any atom is -0.454 e. The number of nitrogens with zero attached hydrogens (tertiary/aromatic N) is 4. The highest BCUT2D eigenvalue weighted by atomic mass is 16.3. The standard InChI is InChI=1S/C34H20N4O/c1-2-8-25-24(7-1)33-32(38-29-10-4-3-9-27(29)36-34(25)38)26-19-23(16-17-30(26)39-33)21-12-14-22(15-13-21)28-20-37-18-6-5-11-31(37)35-28/h1-20H. The second-order valence-corrected chi connectivity index (χ2v) is 9.97. The van der Waals surface area contributed by atoms with Gasteiger partial charge in [0, 0.05) is 34.1 Å². The normalized spacial score (nSPS) is 12.1. The lowest BCUT2D eigenvalue weighted by molar-refractivity contribution is 0.672. The Kier molecular flexibility index (Phi) is 3.99. The minimum atomic E-state index is 0.866. The van der Waals surface area contributed by atoms with E-state index in [0.29, 0.717) is 0 Å². The van der Waals surface area contributed by atoms with Crippen LogP contribution in [0.5, 0.6) is 0 Å². The van der Waals surface area contributed by atoms with Gasteiger partial charge in [0.1, 0.15) is 22.4 Å². The number of pyridine rings is 2. The van der Waals surface area contributed by atoms with Gasteiger partial charge >= 0.3 is 0 Å². The minimum absolute atomic E-state index is 0.866. The van der Waals surface area contributed by atoms with Crippen LogP contribution in [-0.4, -0.2) is 18.8 Å². The zero-order valence-electron chi connectivity index (χ0n) is 20.7. The molecule has 0 aliphatic carbocycles. The van der Waals surface area contributed by atoms with Crippen molar-refractivity contribution in [2.24, 2.45) is 0 Å². The van der Waals surface area contributed by atoms with E-state index in [4.69, 9.17) is 14.4 Å². The Labute approximate surface area is 222 Å². The fraction of sp³-hybridized carbons (Fsp3) is 0. The lowest BCUT2D eigenvalue weighted by Gasteiger charge is -2.06. The van der Waals surface area contributed by atoms with Gasteiger partial charge in [-0.1, -0.05) is 72.8 Å². The molecule has 0 fully saturated rings. The number of hydrogen-bond donors (Lipinski definition) is 0. The largest absolute Gasteiger partial charge is 0.454 e. The van der Waals surface area contributed by atoms with Gasteiger partial charge < -0.3 is 8.82 Å². The first-order valence-corrected chi connectivity index (χ1v) is 13.0. The molecule has 182 valence electrons. The van der Waals surface area contributed by atoms with Crippen LogP contribution in [0.15, 0.2) is 126 Å². The monoisotopic (exact) mass is 500 g/mol. The maximum atomic E-state index is 6.53. The summed E-state index contributed by atoms with van der Waals surface area (Å²) in [5, 5.41) is 3.23. The molecule has 0 aliphatic rings. The lowest BCUT2D eigenvalue weighted by atomic mass is 10.0. The fourth-order valence-corrected chi connectivity index (χ4v) is 5.89. The average molecular weight is 501 g/mol. The van der Waals surface area contributed by atoms with E-state index in [1.165, 1.54) is 0 Å². The van der Waals surface area contributed by atoms with Crippen molar-refractivity contribution in [3.05, 3.63) is 122 Å². The molecule has 0 atom stereocenters. The summed E-state index contributed by atoms with van der Waals surface area (Å²) in [4.78, 5) is 9.80. The molecular weight excluding hydrogens is 480 g/mol. The van der Waals surface area contributed by atoms with Crippen LogP contribution >= 0.6 is 0 Å². The summed E-state index contributed by atoms with van der Waals surface area (Å²) in [5.41, 5.74) is 11.1. The van der Waals surface area contributed by atoms with Crippen molar-refractivity contribution in [1.82, 2.24) is 18.8 Å². The van der Waals surface area contributed by atoms with E-state index in [-0.39, 0.29) is 0 Å². The number of furan rings is 1. The van der Waals surface area contributed by atoms with Crippen molar-refractivity contribution in [3.8, 4) is 22.4 Å². The Hall–Kier alpha value is -5.42. The van der Waals surface area contributed by atoms with Crippen LogP contribution < -0.4 is 0 Å². The van der Waals surface area contributed by atoms with Gasteiger partial charge in [0.2, 0.25) is 0 Å². The molecule has 0 aliphatic heterocycles. The summed E-state index contributed by atoms with van der Waals surface area (Å²) in [6.07, 6.45) is 4.09. The van der Waals surface area contributed by atoms with Gasteiger partial charge in [0.25, 0.3) is 0 Å². The molecule has 0 spiro atoms. The number of hydrogen-bond acceptors (Lipinski definition) is 3. The molecule has 9 rings (SSSR count). The molecule has 9 aromatic rings. The maximum absolute atomic E-state index is 6.53. The molecule has 0 saturated heterocycles. The third kappa shape index (κ3) is 2.90. The highest BCUT2D eigenvalue weighted by molar-refractivity contribution is 6.19. The summed E-state index contributed by atoms with van der Waals surface area (Å²) in [6.45, 7) is 0. The smallest absolute Gasteiger partial charge is 0.160 e. The Bertz CT molecular complexity index is 2360. The highest BCUT2D eigenvalue weighted by Gasteiger charge is 2.19. The number of fused-ring (bicyclic) bond motifs is 11. The number of para-hydroxylation sites is 2. The van der Waals surface area contributed by atoms with E-state index in [0.717, 1.165) is 77.6 Å². The maximum Gasteiger partial charge on any atom is 0.160 e. The predicted octanol–water partition coefficient (Wildman–Crippen LogP) is 8.52. The Balaban J connectivity index is 1.27. The van der Waals surface area contributed by atoms with E-state index in [2.05, 4.69) is 95.5 Å². The SMILES string of the molecule is c1ccc2c(c1)nc1c3ccccc3c3oc4ccc(-c5ccc(-c6cn7ccccc7n6)cc5)cc4c3n21. The van der Waals surface area contributed by atoms with Gasteiger partial charge in [-0.15, -0.1) is 0 Å². The molecule has 4 aromatic carbocycles. The zero-order chi connectivity index (χ0) is 25.5. The molecule has 5 aromatic heterocycles. The van der Waals surface area contributed by atoms with Crippen LogP contribution in [-0.2, 0) is 0 Å². The van der Waals surface area contributed by atoms with Crippen molar-refractivity contribution < 1.29 is 4.42 Å². The first-order chi connectivity index (χ1) is 19.3. The van der Waals surface area contributed by atoms with Crippen molar-refractivity contribution >= 4 is 55.2 Å². The summed E-state index contributed by atoms with van der Waals surface area (Å²) in [7, 11) is 0. The molecule has 0 unspecified atom stereocenters. The first-order valence-electron chi connectivity index (χ1n) is 13.0. The number of aromatic nitrogens is 4. The average Bonchev–Trinajstić information content (AvgIpc) is 3.70. The molecule has 5 heteroatoms. The Morgan fingerprint density at radius 2 is 1.38 bits per heavy atom. The third-order valence-electron chi connectivity index (χ3n) is 7.74. The van der Waals surface area contributed by atoms with Crippen molar-refractivity contribution in [2.75, 3.05) is 0 Å². The Morgan fingerprint density at radius 1 is 0.615 bits per heavy atom. The van der Waals surface area contributed by atoms with Crippen molar-refractivity contribution in [3.63, 3.8) is 0 Å². The topological polar surface area (TPSA) is 47.7 Å². The highest BCUT2D eigenvalue weighted by Crippen LogP contribution is 2.39. The van der Waals surface area contributed by atoms with Crippen LogP contribution in [0.1, 0.15) is 0 Å². The van der Waals surface area contributed by atoms with Gasteiger partial charge in [-0.3, -0.25) is 4.40 Å². The molecule has 0 amide bonds. The van der Waals surface area contributed by atoms with Crippen LogP contribution in [0.3, 0.4) is 0 Å². The van der Waals surface area contributed by atoms with Crippen LogP contribution in [0.25, 0.3) is 77.6 Å². The molecule has 0 bridgehead atoms. The number of rotatable bonds is 2. The summed E-state index contributed by atoms with van der Waals surface area (Å²) in [5.74, 6) is 0. The van der Waals surface area contributed by atoms with Gasteiger partial charge in [-0.25, -0.2) is 9.97 Å². The number of imidazole rings is 2. The fourth-order valence-electron chi connectivity index (χ4n) is 5.89. The second-order valence-electron chi connectivity index (χ2n) is 9.97. The van der Waals surface area contributed by atoms with Gasteiger partial charge in [0.05, 0.1) is 16.7 Å². The van der Waals surface area contributed by atoms with Crippen LogP contribution in [0, 0.1) is 0 Å². The summed E-state index contributed by atoms with van der Waals surface area (Å²) >= 11 is 0. The molecule has 5 heterocycles. The van der Waals surface area contributed by atoms with Gasteiger partial charge in [-0.05, 0) is 47.5 Å². The van der Waals surface area contributed by atoms with Gasteiger partial charge in [0.15, 0.2) is 5.58 Å². The van der Waals surface area contributed by atoms with E-state index in [1.54, 1.807) is 0 Å². The third-order valence-corrected chi connectivity index (χ3v) is 7.74. The predicted molar refractivity (Wildman–Crippen MR) is 157 cm³/mol. The van der Waals surface area contributed by atoms with Crippen molar-refractivity contribution in [2.45, 2.75) is 0 Å². The number of benzene rings is 4. The molecular formula is C34H20N4O. The zero-order valence-corrected chi connectivity index (χ0v) is 20.7. The van der Waals surface area contributed by atoms with E-state index < -0.39 is 0 Å².